The van der Waals surface area contributed by atoms with Gasteiger partial charge >= 0.3 is 5.97 Å². The largest absolute Gasteiger partial charge is 0.449 e. The predicted octanol–water partition coefficient (Wildman–Crippen LogP) is 3.74. The van der Waals surface area contributed by atoms with Crippen LogP contribution in [0.2, 0.25) is 0 Å². The summed E-state index contributed by atoms with van der Waals surface area (Å²) in [5.41, 5.74) is 0. The van der Waals surface area contributed by atoms with Gasteiger partial charge in [0.1, 0.15) is 6.73 Å². The monoisotopic (exact) mass is 299 g/mol. The Labute approximate surface area is 130 Å². The molecule has 1 heterocycles. The number of morpholine rings is 1. The molecule has 0 bridgehead atoms. The Morgan fingerprint density at radius 3 is 2.14 bits per heavy atom. The Balaban J connectivity index is 1.82. The molecule has 0 spiro atoms. The third-order valence-electron chi connectivity index (χ3n) is 4.00. The van der Waals surface area contributed by atoms with E-state index in [2.05, 4.69) is 11.8 Å². The lowest BCUT2D eigenvalue weighted by Gasteiger charge is -2.25. The molecule has 0 atom stereocenters. The van der Waals surface area contributed by atoms with Gasteiger partial charge in [-0.05, 0) is 6.42 Å². The highest BCUT2D eigenvalue weighted by Crippen LogP contribution is 2.10. The summed E-state index contributed by atoms with van der Waals surface area (Å²) >= 11 is 0. The van der Waals surface area contributed by atoms with Gasteiger partial charge in [-0.2, -0.15) is 0 Å². The van der Waals surface area contributed by atoms with Gasteiger partial charge in [-0.1, -0.05) is 58.3 Å². The molecule has 0 N–H and O–H groups in total. The number of unbranched alkanes of at least 4 members (excludes halogenated alkanes) is 8. The van der Waals surface area contributed by atoms with Crippen molar-refractivity contribution >= 4 is 5.97 Å². The number of hydrogen-bond acceptors (Lipinski definition) is 4. The number of esters is 1. The summed E-state index contributed by atoms with van der Waals surface area (Å²) in [6.45, 7) is 5.90. The summed E-state index contributed by atoms with van der Waals surface area (Å²) in [5, 5.41) is 0. The fourth-order valence-corrected chi connectivity index (χ4v) is 2.55. The van der Waals surface area contributed by atoms with Crippen LogP contribution in [0.15, 0.2) is 0 Å². The Morgan fingerprint density at radius 1 is 0.952 bits per heavy atom. The molecule has 1 aliphatic rings. The Morgan fingerprint density at radius 2 is 1.52 bits per heavy atom. The van der Waals surface area contributed by atoms with Gasteiger partial charge in [0, 0.05) is 19.5 Å². The number of carbonyl (C=O) groups excluding carboxylic acids is 1. The maximum Gasteiger partial charge on any atom is 0.307 e. The quantitative estimate of drug-likeness (QED) is 0.406. The van der Waals surface area contributed by atoms with Crippen LogP contribution in [0.5, 0.6) is 0 Å². The highest BCUT2D eigenvalue weighted by Gasteiger charge is 2.12. The molecule has 0 aromatic heterocycles. The molecule has 0 unspecified atom stereocenters. The van der Waals surface area contributed by atoms with E-state index >= 15 is 0 Å². The molecule has 1 aliphatic heterocycles. The summed E-state index contributed by atoms with van der Waals surface area (Å²) in [4.78, 5) is 13.7. The van der Waals surface area contributed by atoms with Crippen LogP contribution in [0.4, 0.5) is 0 Å². The van der Waals surface area contributed by atoms with E-state index in [1.807, 2.05) is 0 Å². The summed E-state index contributed by atoms with van der Waals surface area (Å²) < 4.78 is 10.5. The molecule has 1 fully saturated rings. The second-order valence-corrected chi connectivity index (χ2v) is 5.95. The molecule has 0 radical (unpaired) electrons. The third-order valence-corrected chi connectivity index (χ3v) is 4.00. The third kappa shape index (κ3) is 10.7. The maximum absolute atomic E-state index is 11.6. The van der Waals surface area contributed by atoms with Gasteiger partial charge in [0.05, 0.1) is 13.2 Å². The van der Waals surface area contributed by atoms with Gasteiger partial charge in [-0.3, -0.25) is 9.69 Å². The molecule has 4 nitrogen and oxygen atoms in total. The number of rotatable bonds is 12. The standard InChI is InChI=1S/C17H33NO3/c1-2-3-4-5-6-7-8-9-10-11-17(19)21-16-18-12-14-20-15-13-18/h2-16H2,1H3. The van der Waals surface area contributed by atoms with Crippen molar-refractivity contribution in [1.29, 1.82) is 0 Å². The van der Waals surface area contributed by atoms with Gasteiger partial charge in [0.25, 0.3) is 0 Å². The molecule has 4 heteroatoms. The van der Waals surface area contributed by atoms with Crippen LogP contribution in [0.25, 0.3) is 0 Å². The molecular formula is C17H33NO3. The zero-order chi connectivity index (χ0) is 15.2. The molecule has 124 valence electrons. The summed E-state index contributed by atoms with van der Waals surface area (Å²) in [6.07, 6.45) is 12.0. The molecule has 0 aliphatic carbocycles. The molecule has 0 aromatic rings. The van der Waals surface area contributed by atoms with Crippen LogP contribution in [-0.4, -0.2) is 43.9 Å². The van der Waals surface area contributed by atoms with Crippen molar-refractivity contribution in [3.05, 3.63) is 0 Å². The first-order valence-corrected chi connectivity index (χ1v) is 8.78. The number of hydrogen-bond donors (Lipinski definition) is 0. The van der Waals surface area contributed by atoms with Crippen molar-refractivity contribution in [2.24, 2.45) is 0 Å². The Kier molecular flexibility index (Phi) is 11.5. The van der Waals surface area contributed by atoms with Crippen LogP contribution < -0.4 is 0 Å². The van der Waals surface area contributed by atoms with Crippen molar-refractivity contribution in [2.75, 3.05) is 33.0 Å². The second-order valence-electron chi connectivity index (χ2n) is 5.95. The first-order chi connectivity index (χ1) is 10.3. The van der Waals surface area contributed by atoms with E-state index in [4.69, 9.17) is 9.47 Å². The van der Waals surface area contributed by atoms with Crippen molar-refractivity contribution in [2.45, 2.75) is 71.1 Å². The van der Waals surface area contributed by atoms with Crippen molar-refractivity contribution in [3.63, 3.8) is 0 Å². The van der Waals surface area contributed by atoms with E-state index in [0.717, 1.165) is 39.1 Å². The van der Waals surface area contributed by atoms with Gasteiger partial charge in [-0.15, -0.1) is 0 Å². The average molecular weight is 299 g/mol. The Bertz CT molecular complexity index is 252. The molecule has 21 heavy (non-hydrogen) atoms. The maximum atomic E-state index is 11.6. The van der Waals surface area contributed by atoms with Gasteiger partial charge in [0.2, 0.25) is 0 Å². The van der Waals surface area contributed by atoms with Crippen molar-refractivity contribution in [3.8, 4) is 0 Å². The lowest BCUT2D eigenvalue weighted by atomic mass is 10.1. The van der Waals surface area contributed by atoms with Gasteiger partial charge in [0.15, 0.2) is 0 Å². The fraction of sp³-hybridized carbons (Fsp3) is 0.941. The summed E-state index contributed by atoms with van der Waals surface area (Å²) in [7, 11) is 0. The zero-order valence-electron chi connectivity index (χ0n) is 13.8. The lowest BCUT2D eigenvalue weighted by molar-refractivity contribution is -0.150. The number of carbonyl (C=O) groups is 1. The molecule has 0 amide bonds. The predicted molar refractivity (Wildman–Crippen MR) is 85.2 cm³/mol. The average Bonchev–Trinajstić information content (AvgIpc) is 2.52. The molecule has 1 saturated heterocycles. The molecular weight excluding hydrogens is 266 g/mol. The smallest absolute Gasteiger partial charge is 0.307 e. The molecule has 0 saturated carbocycles. The minimum atomic E-state index is -0.0514. The van der Waals surface area contributed by atoms with Gasteiger partial charge in [-0.25, -0.2) is 0 Å². The van der Waals surface area contributed by atoms with E-state index in [1.165, 1.54) is 44.9 Å². The van der Waals surface area contributed by atoms with Crippen LogP contribution in [-0.2, 0) is 14.3 Å². The second kappa shape index (κ2) is 13.1. The fourth-order valence-electron chi connectivity index (χ4n) is 2.55. The van der Waals surface area contributed by atoms with E-state index in [-0.39, 0.29) is 5.97 Å². The van der Waals surface area contributed by atoms with Crippen molar-refractivity contribution < 1.29 is 14.3 Å². The molecule has 1 rings (SSSR count). The zero-order valence-corrected chi connectivity index (χ0v) is 13.8. The van der Waals surface area contributed by atoms with Crippen LogP contribution in [0.1, 0.15) is 71.1 Å². The summed E-state index contributed by atoms with van der Waals surface area (Å²) in [6, 6.07) is 0. The van der Waals surface area contributed by atoms with Crippen LogP contribution >= 0.6 is 0 Å². The highest BCUT2D eigenvalue weighted by atomic mass is 16.5. The number of nitrogens with zero attached hydrogens (tertiary/aromatic N) is 1. The first kappa shape index (κ1) is 18.4. The SMILES string of the molecule is CCCCCCCCCCCC(=O)OCN1CCOCC1. The first-order valence-electron chi connectivity index (χ1n) is 8.78. The van der Waals surface area contributed by atoms with Gasteiger partial charge < -0.3 is 9.47 Å². The normalized spacial score (nSPS) is 16.0. The lowest BCUT2D eigenvalue weighted by Crippen LogP contribution is -2.38. The van der Waals surface area contributed by atoms with E-state index in [9.17, 15) is 4.79 Å². The topological polar surface area (TPSA) is 38.8 Å². The van der Waals surface area contributed by atoms with E-state index in [0.29, 0.717) is 13.2 Å². The van der Waals surface area contributed by atoms with E-state index < -0.39 is 0 Å². The number of ether oxygens (including phenoxy) is 2. The minimum Gasteiger partial charge on any atom is -0.449 e. The molecule has 0 aromatic carbocycles. The van der Waals surface area contributed by atoms with Crippen LogP contribution in [0, 0.1) is 0 Å². The van der Waals surface area contributed by atoms with Crippen molar-refractivity contribution in [1.82, 2.24) is 4.90 Å². The van der Waals surface area contributed by atoms with Crippen LogP contribution in [0.3, 0.4) is 0 Å². The highest BCUT2D eigenvalue weighted by molar-refractivity contribution is 5.69. The van der Waals surface area contributed by atoms with E-state index in [1.54, 1.807) is 0 Å². The Hall–Kier alpha value is -0.610. The summed E-state index contributed by atoms with van der Waals surface area (Å²) in [5.74, 6) is -0.0514. The minimum absolute atomic E-state index is 0.0514.